The molecule has 0 amide bonds. The molecule has 0 aliphatic carbocycles. The van der Waals surface area contributed by atoms with E-state index >= 15 is 0 Å². The quantitative estimate of drug-likeness (QED) is 0.432. The molecule has 4 heterocycles. The Morgan fingerprint density at radius 2 is 1.91 bits per heavy atom. The van der Waals surface area contributed by atoms with Crippen LogP contribution in [0.15, 0.2) is 59.8 Å². The van der Waals surface area contributed by atoms with Crippen molar-refractivity contribution in [1.29, 1.82) is 0 Å². The molecule has 4 aromatic rings. The van der Waals surface area contributed by atoms with Gasteiger partial charge in [0.25, 0.3) is 11.5 Å². The van der Waals surface area contributed by atoms with Crippen LogP contribution in [0.1, 0.15) is 36.3 Å². The average molecular weight is 483 g/mol. The molecule has 4 aromatic heterocycles. The van der Waals surface area contributed by atoms with Crippen molar-refractivity contribution >= 4 is 34.7 Å². The van der Waals surface area contributed by atoms with E-state index in [0.29, 0.717) is 33.8 Å². The molecule has 4 rings (SSSR count). The Balaban J connectivity index is 1.70. The van der Waals surface area contributed by atoms with Crippen molar-refractivity contribution in [2.45, 2.75) is 33.9 Å². The molecule has 1 N–H and O–H groups in total. The highest BCUT2D eigenvalue weighted by Crippen LogP contribution is 2.26. The van der Waals surface area contributed by atoms with E-state index in [2.05, 4.69) is 20.4 Å². The van der Waals surface area contributed by atoms with Gasteiger partial charge in [-0.05, 0) is 30.3 Å². The van der Waals surface area contributed by atoms with Gasteiger partial charge in [0.1, 0.15) is 17.3 Å². The maximum atomic E-state index is 13.2. The third-order valence-corrected chi connectivity index (χ3v) is 6.07. The number of carbonyl (C=O) groups excluding carboxylic acids is 1. The maximum absolute atomic E-state index is 13.2. The zero-order valence-corrected chi connectivity index (χ0v) is 20.0. The number of rotatable bonds is 6. The Kier molecular flexibility index (Phi) is 6.44. The molecule has 0 fully saturated rings. The number of anilines is 1. The molecule has 33 heavy (non-hydrogen) atoms. The predicted molar refractivity (Wildman–Crippen MR) is 130 cm³/mol. The first kappa shape index (κ1) is 22.9. The molecule has 0 aliphatic heterocycles. The lowest BCUT2D eigenvalue weighted by Crippen LogP contribution is -2.29. The van der Waals surface area contributed by atoms with E-state index in [0.717, 1.165) is 4.88 Å². The van der Waals surface area contributed by atoms with Crippen molar-refractivity contribution in [3.8, 4) is 11.3 Å². The fourth-order valence-electron chi connectivity index (χ4n) is 3.16. The monoisotopic (exact) mass is 482 g/mol. The second-order valence-corrected chi connectivity index (χ2v) is 10.3. The van der Waals surface area contributed by atoms with E-state index < -0.39 is 5.41 Å². The lowest BCUT2D eigenvalue weighted by molar-refractivity contribution is 0.0752. The minimum Gasteiger partial charge on any atom is -0.365 e. The number of halogens is 1. The standard InChI is InChI=1S/C23H23ClN6O2S/c1-23(2,3)22(32)30-20(27-13-15-7-8-18(24)33-15)12-17(28-30)16-6-4-11-29(21(16)31)14-19-25-9-5-10-26-19/h4-12,27H,13-14H2,1-3H3. The van der Waals surface area contributed by atoms with E-state index in [1.54, 1.807) is 42.9 Å². The number of hydrogen-bond acceptors (Lipinski definition) is 7. The highest BCUT2D eigenvalue weighted by Gasteiger charge is 2.27. The van der Waals surface area contributed by atoms with Gasteiger partial charge < -0.3 is 9.88 Å². The van der Waals surface area contributed by atoms with E-state index in [4.69, 9.17) is 11.6 Å². The topological polar surface area (TPSA) is 94.7 Å². The first-order chi connectivity index (χ1) is 15.7. The molecular weight excluding hydrogens is 460 g/mol. The first-order valence-electron chi connectivity index (χ1n) is 10.3. The van der Waals surface area contributed by atoms with Crippen molar-refractivity contribution in [2.24, 2.45) is 5.41 Å². The zero-order valence-electron chi connectivity index (χ0n) is 18.4. The summed E-state index contributed by atoms with van der Waals surface area (Å²) in [6.45, 7) is 6.20. The van der Waals surface area contributed by atoms with Crippen molar-refractivity contribution in [3.63, 3.8) is 0 Å². The maximum Gasteiger partial charge on any atom is 0.260 e. The molecule has 0 aliphatic rings. The molecule has 0 atom stereocenters. The van der Waals surface area contributed by atoms with Crippen LogP contribution in [0.25, 0.3) is 11.3 Å². The molecule has 8 nitrogen and oxygen atoms in total. The lowest BCUT2D eigenvalue weighted by atomic mass is 9.96. The van der Waals surface area contributed by atoms with Crippen LogP contribution in [0.2, 0.25) is 4.34 Å². The summed E-state index contributed by atoms with van der Waals surface area (Å²) < 4.78 is 3.55. The smallest absolute Gasteiger partial charge is 0.260 e. The zero-order chi connectivity index (χ0) is 23.6. The van der Waals surface area contributed by atoms with Crippen LogP contribution in [0.3, 0.4) is 0 Å². The summed E-state index contributed by atoms with van der Waals surface area (Å²) in [6, 6.07) is 10.7. The molecule has 0 unspecified atom stereocenters. The second kappa shape index (κ2) is 9.29. The number of thiophene rings is 1. The third-order valence-electron chi connectivity index (χ3n) is 4.84. The van der Waals surface area contributed by atoms with Crippen LogP contribution in [0, 0.1) is 5.41 Å². The highest BCUT2D eigenvalue weighted by atomic mass is 35.5. The summed E-state index contributed by atoms with van der Waals surface area (Å²) in [4.78, 5) is 35.7. The Hall–Kier alpha value is -3.30. The molecule has 0 saturated carbocycles. The van der Waals surface area contributed by atoms with Crippen LogP contribution in [0.5, 0.6) is 0 Å². The van der Waals surface area contributed by atoms with Crippen LogP contribution in [-0.2, 0) is 13.1 Å². The average Bonchev–Trinajstić information content (AvgIpc) is 3.39. The molecule has 0 radical (unpaired) electrons. The molecule has 0 bridgehead atoms. The number of aromatic nitrogens is 5. The van der Waals surface area contributed by atoms with E-state index in [-0.39, 0.29) is 18.0 Å². The Labute approximate surface area is 199 Å². The normalized spacial score (nSPS) is 11.5. The SMILES string of the molecule is CC(C)(C)C(=O)n1nc(-c2cccn(Cc3ncccn3)c2=O)cc1NCc1ccc(Cl)s1. The van der Waals surface area contributed by atoms with Crippen molar-refractivity contribution in [3.05, 3.63) is 80.4 Å². The number of nitrogens with zero attached hydrogens (tertiary/aromatic N) is 5. The van der Waals surface area contributed by atoms with Gasteiger partial charge in [0.15, 0.2) is 0 Å². The van der Waals surface area contributed by atoms with Crippen LogP contribution in [-0.4, -0.2) is 30.2 Å². The number of carbonyl (C=O) groups is 1. The molecule has 170 valence electrons. The number of nitrogens with one attached hydrogen (secondary N) is 1. The third kappa shape index (κ3) is 5.20. The molecule has 10 heteroatoms. The van der Waals surface area contributed by atoms with Crippen molar-refractivity contribution < 1.29 is 4.79 Å². The van der Waals surface area contributed by atoms with E-state index in [1.807, 2.05) is 32.9 Å². The first-order valence-corrected chi connectivity index (χ1v) is 11.5. The van der Waals surface area contributed by atoms with Gasteiger partial charge in [-0.25, -0.2) is 9.97 Å². The molecule has 0 aromatic carbocycles. The summed E-state index contributed by atoms with van der Waals surface area (Å²) in [5, 5.41) is 7.77. The Morgan fingerprint density at radius 3 is 2.58 bits per heavy atom. The van der Waals surface area contributed by atoms with E-state index in [1.165, 1.54) is 20.6 Å². The summed E-state index contributed by atoms with van der Waals surface area (Å²) in [5.74, 6) is 0.854. The highest BCUT2D eigenvalue weighted by molar-refractivity contribution is 7.16. The lowest BCUT2D eigenvalue weighted by Gasteiger charge is -2.18. The van der Waals surface area contributed by atoms with Crippen LogP contribution >= 0.6 is 22.9 Å². The van der Waals surface area contributed by atoms with Gasteiger partial charge in [-0.2, -0.15) is 9.78 Å². The van der Waals surface area contributed by atoms with Crippen molar-refractivity contribution in [1.82, 2.24) is 24.3 Å². The fraction of sp³-hybridized carbons (Fsp3) is 0.261. The Bertz CT molecular complexity index is 1340. The molecular formula is C23H23ClN6O2S. The van der Waals surface area contributed by atoms with Gasteiger partial charge in [0, 0.05) is 34.9 Å². The fourth-order valence-corrected chi connectivity index (χ4v) is 4.18. The van der Waals surface area contributed by atoms with Gasteiger partial charge >= 0.3 is 0 Å². The minimum absolute atomic E-state index is 0.186. The van der Waals surface area contributed by atoms with Gasteiger partial charge in [-0.15, -0.1) is 11.3 Å². The van der Waals surface area contributed by atoms with Gasteiger partial charge in [-0.1, -0.05) is 32.4 Å². The molecule has 0 spiro atoms. The van der Waals surface area contributed by atoms with Gasteiger partial charge in [0.2, 0.25) is 0 Å². The summed E-state index contributed by atoms with van der Waals surface area (Å²) in [5.41, 5.74) is -0.105. The number of pyridine rings is 1. The van der Waals surface area contributed by atoms with Crippen LogP contribution < -0.4 is 10.9 Å². The van der Waals surface area contributed by atoms with E-state index in [9.17, 15) is 9.59 Å². The van der Waals surface area contributed by atoms with Gasteiger partial charge in [0.05, 0.1) is 23.0 Å². The molecule has 0 saturated heterocycles. The number of hydrogen-bond donors (Lipinski definition) is 1. The largest absolute Gasteiger partial charge is 0.365 e. The second-order valence-electron chi connectivity index (χ2n) is 8.46. The summed E-state index contributed by atoms with van der Waals surface area (Å²) in [7, 11) is 0. The minimum atomic E-state index is -0.659. The van der Waals surface area contributed by atoms with Gasteiger partial charge in [-0.3, -0.25) is 9.59 Å². The summed E-state index contributed by atoms with van der Waals surface area (Å²) in [6.07, 6.45) is 4.95. The van der Waals surface area contributed by atoms with Crippen LogP contribution in [0.4, 0.5) is 5.82 Å². The predicted octanol–water partition coefficient (Wildman–Crippen LogP) is 4.56. The Morgan fingerprint density at radius 1 is 1.15 bits per heavy atom. The summed E-state index contributed by atoms with van der Waals surface area (Å²) >= 11 is 7.49. The van der Waals surface area contributed by atoms with Crippen molar-refractivity contribution in [2.75, 3.05) is 5.32 Å².